The number of aromatic nitrogens is 4. The molecular formula is C18H21N5O4. The van der Waals surface area contributed by atoms with Gasteiger partial charge >= 0.3 is 5.97 Å². The summed E-state index contributed by atoms with van der Waals surface area (Å²) < 4.78 is 11.8. The number of tetrazole rings is 1. The zero-order chi connectivity index (χ0) is 19.1. The third-order valence-electron chi connectivity index (χ3n) is 3.98. The highest BCUT2D eigenvalue weighted by Crippen LogP contribution is 2.13. The minimum atomic E-state index is -0.670. The fourth-order valence-corrected chi connectivity index (χ4v) is 2.49. The SMILES string of the molecule is COC(=O)Cc1ccc(OCCNCC(O)c2ccc3nnnn3c2)cc1. The maximum absolute atomic E-state index is 11.2. The molecule has 27 heavy (non-hydrogen) atoms. The summed E-state index contributed by atoms with van der Waals surface area (Å²) in [5, 5.41) is 24.6. The summed E-state index contributed by atoms with van der Waals surface area (Å²) in [7, 11) is 1.37. The Kier molecular flexibility index (Phi) is 6.29. The molecule has 9 nitrogen and oxygen atoms in total. The number of nitrogens with zero attached hydrogens (tertiary/aromatic N) is 4. The predicted molar refractivity (Wildman–Crippen MR) is 96.3 cm³/mol. The lowest BCUT2D eigenvalue weighted by Gasteiger charge is -2.13. The van der Waals surface area contributed by atoms with Crippen molar-refractivity contribution in [3.8, 4) is 5.75 Å². The van der Waals surface area contributed by atoms with Crippen molar-refractivity contribution < 1.29 is 19.4 Å². The van der Waals surface area contributed by atoms with Crippen LogP contribution in [0.5, 0.6) is 5.75 Å². The van der Waals surface area contributed by atoms with E-state index < -0.39 is 6.10 Å². The Balaban J connectivity index is 1.38. The molecule has 0 aliphatic carbocycles. The Labute approximate surface area is 155 Å². The van der Waals surface area contributed by atoms with E-state index in [2.05, 4.69) is 25.6 Å². The highest BCUT2D eigenvalue weighted by Gasteiger charge is 2.09. The van der Waals surface area contributed by atoms with Crippen LogP contribution in [-0.2, 0) is 16.0 Å². The maximum atomic E-state index is 11.2. The smallest absolute Gasteiger partial charge is 0.309 e. The third kappa shape index (κ3) is 5.22. The number of benzene rings is 1. The molecule has 1 atom stereocenters. The monoisotopic (exact) mass is 371 g/mol. The predicted octanol–water partition coefficient (Wildman–Crippen LogP) is 0.542. The van der Waals surface area contributed by atoms with Crippen LogP contribution in [0.15, 0.2) is 42.6 Å². The van der Waals surface area contributed by atoms with Crippen molar-refractivity contribution >= 4 is 11.6 Å². The van der Waals surface area contributed by atoms with Crippen LogP contribution in [0.25, 0.3) is 5.65 Å². The van der Waals surface area contributed by atoms with Crippen LogP contribution in [0, 0.1) is 0 Å². The summed E-state index contributed by atoms with van der Waals surface area (Å²) >= 11 is 0. The van der Waals surface area contributed by atoms with E-state index in [0.717, 1.165) is 16.9 Å². The number of esters is 1. The molecule has 0 bridgehead atoms. The Morgan fingerprint density at radius 2 is 2.07 bits per heavy atom. The number of nitrogens with one attached hydrogen (secondary N) is 1. The first-order chi connectivity index (χ1) is 13.2. The number of hydrogen-bond donors (Lipinski definition) is 2. The van der Waals surface area contributed by atoms with E-state index in [1.807, 2.05) is 24.3 Å². The van der Waals surface area contributed by atoms with E-state index in [1.54, 1.807) is 18.3 Å². The zero-order valence-corrected chi connectivity index (χ0v) is 14.9. The van der Waals surface area contributed by atoms with E-state index in [9.17, 15) is 9.90 Å². The van der Waals surface area contributed by atoms with Crippen LogP contribution in [0.3, 0.4) is 0 Å². The van der Waals surface area contributed by atoms with Crippen LogP contribution in [0.1, 0.15) is 17.2 Å². The van der Waals surface area contributed by atoms with E-state index >= 15 is 0 Å². The molecule has 0 saturated carbocycles. The lowest BCUT2D eigenvalue weighted by Crippen LogP contribution is -2.26. The average molecular weight is 371 g/mol. The second-order valence-corrected chi connectivity index (χ2v) is 5.91. The quantitative estimate of drug-likeness (QED) is 0.414. The molecule has 1 aromatic carbocycles. The van der Waals surface area contributed by atoms with Gasteiger partial charge in [0, 0.05) is 24.8 Å². The Morgan fingerprint density at radius 1 is 1.26 bits per heavy atom. The molecule has 0 aliphatic rings. The molecule has 0 radical (unpaired) electrons. The van der Waals surface area contributed by atoms with Crippen molar-refractivity contribution in [2.24, 2.45) is 0 Å². The van der Waals surface area contributed by atoms with Crippen LogP contribution < -0.4 is 10.1 Å². The van der Waals surface area contributed by atoms with Gasteiger partial charge in [0.2, 0.25) is 0 Å². The van der Waals surface area contributed by atoms with Gasteiger partial charge in [-0.15, -0.1) is 5.10 Å². The van der Waals surface area contributed by atoms with E-state index in [0.29, 0.717) is 25.3 Å². The number of aliphatic hydroxyl groups excluding tert-OH is 1. The Bertz CT molecular complexity index is 881. The lowest BCUT2D eigenvalue weighted by molar-refractivity contribution is -0.139. The van der Waals surface area contributed by atoms with Gasteiger partial charge in [0.1, 0.15) is 12.4 Å². The van der Waals surface area contributed by atoms with E-state index in [1.165, 1.54) is 11.6 Å². The van der Waals surface area contributed by atoms with Crippen LogP contribution in [0.2, 0.25) is 0 Å². The number of fused-ring (bicyclic) bond motifs is 1. The molecule has 0 fully saturated rings. The summed E-state index contributed by atoms with van der Waals surface area (Å²) in [6, 6.07) is 10.8. The Morgan fingerprint density at radius 3 is 2.85 bits per heavy atom. The zero-order valence-electron chi connectivity index (χ0n) is 14.9. The maximum Gasteiger partial charge on any atom is 0.309 e. The molecule has 9 heteroatoms. The summed E-state index contributed by atoms with van der Waals surface area (Å²) in [5.74, 6) is 0.445. The molecule has 142 valence electrons. The summed E-state index contributed by atoms with van der Waals surface area (Å²) in [4.78, 5) is 11.2. The largest absolute Gasteiger partial charge is 0.492 e. The van der Waals surface area contributed by atoms with Gasteiger partial charge in [0.25, 0.3) is 0 Å². The van der Waals surface area contributed by atoms with Gasteiger partial charge in [-0.1, -0.05) is 18.2 Å². The fourth-order valence-electron chi connectivity index (χ4n) is 2.49. The summed E-state index contributed by atoms with van der Waals surface area (Å²) in [6.07, 6.45) is 1.27. The molecule has 0 spiro atoms. The van der Waals surface area contributed by atoms with Gasteiger partial charge in [-0.2, -0.15) is 0 Å². The number of hydrogen-bond acceptors (Lipinski definition) is 8. The highest BCUT2D eigenvalue weighted by molar-refractivity contribution is 5.72. The molecule has 2 aromatic heterocycles. The highest BCUT2D eigenvalue weighted by atomic mass is 16.5. The molecule has 3 aromatic rings. The van der Waals surface area contributed by atoms with Gasteiger partial charge in [0.15, 0.2) is 5.65 Å². The lowest BCUT2D eigenvalue weighted by atomic mass is 10.1. The van der Waals surface area contributed by atoms with Crippen molar-refractivity contribution in [1.29, 1.82) is 0 Å². The number of rotatable bonds is 9. The molecule has 3 rings (SSSR count). The summed E-state index contributed by atoms with van der Waals surface area (Å²) in [5.41, 5.74) is 2.23. The number of carbonyl (C=O) groups is 1. The standard InChI is InChI=1S/C18H21N5O4/c1-26-18(25)10-13-2-5-15(6-3-13)27-9-8-19-11-16(24)14-4-7-17-20-21-22-23(17)12-14/h2-7,12,16,19,24H,8-11H2,1H3. The van der Waals surface area contributed by atoms with Crippen molar-refractivity contribution in [2.45, 2.75) is 12.5 Å². The second kappa shape index (κ2) is 9.06. The van der Waals surface area contributed by atoms with Gasteiger partial charge in [-0.05, 0) is 34.2 Å². The van der Waals surface area contributed by atoms with Crippen molar-refractivity contribution in [1.82, 2.24) is 25.4 Å². The van der Waals surface area contributed by atoms with Gasteiger partial charge < -0.3 is 19.9 Å². The van der Waals surface area contributed by atoms with Crippen LogP contribution in [0.4, 0.5) is 0 Å². The number of carbonyl (C=O) groups excluding carboxylic acids is 1. The van der Waals surface area contributed by atoms with Crippen LogP contribution >= 0.6 is 0 Å². The van der Waals surface area contributed by atoms with Crippen molar-refractivity contribution in [3.63, 3.8) is 0 Å². The molecular weight excluding hydrogens is 350 g/mol. The van der Waals surface area contributed by atoms with Gasteiger partial charge in [-0.3, -0.25) is 4.79 Å². The fraction of sp³-hybridized carbons (Fsp3) is 0.333. The van der Waals surface area contributed by atoms with Gasteiger partial charge in [-0.25, -0.2) is 4.52 Å². The van der Waals surface area contributed by atoms with Gasteiger partial charge in [0.05, 0.1) is 19.6 Å². The first-order valence-corrected chi connectivity index (χ1v) is 8.50. The Hall–Kier alpha value is -3.04. The molecule has 2 N–H and O–H groups in total. The number of pyridine rings is 1. The average Bonchev–Trinajstić information content (AvgIpc) is 3.16. The van der Waals surface area contributed by atoms with E-state index in [-0.39, 0.29) is 12.4 Å². The van der Waals surface area contributed by atoms with Crippen LogP contribution in [-0.4, -0.2) is 57.9 Å². The number of methoxy groups -OCH3 is 1. The molecule has 0 saturated heterocycles. The molecule has 1 unspecified atom stereocenters. The van der Waals surface area contributed by atoms with E-state index in [4.69, 9.17) is 4.74 Å². The summed E-state index contributed by atoms with van der Waals surface area (Å²) in [6.45, 7) is 1.41. The molecule has 2 heterocycles. The van der Waals surface area contributed by atoms with Crippen molar-refractivity contribution in [3.05, 3.63) is 53.7 Å². The third-order valence-corrected chi connectivity index (χ3v) is 3.98. The molecule has 0 aliphatic heterocycles. The number of aliphatic hydroxyl groups is 1. The molecule has 0 amide bonds. The minimum Gasteiger partial charge on any atom is -0.492 e. The second-order valence-electron chi connectivity index (χ2n) is 5.91. The normalized spacial score (nSPS) is 12.1. The first-order valence-electron chi connectivity index (χ1n) is 8.50. The first kappa shape index (κ1) is 18.7. The number of ether oxygens (including phenoxy) is 2. The minimum absolute atomic E-state index is 0.243. The topological polar surface area (TPSA) is 111 Å². The van der Waals surface area contributed by atoms with Crippen molar-refractivity contribution in [2.75, 3.05) is 26.8 Å².